The SMILES string of the molecule is O=C(Cc1ccc(F)c(Cl)c1)C(F)(F)C(F)(F)F. The van der Waals surface area contributed by atoms with Crippen LogP contribution in [0.3, 0.4) is 0 Å². The molecule has 0 spiro atoms. The minimum atomic E-state index is -5.95. The maximum atomic E-state index is 12.7. The monoisotopic (exact) mass is 290 g/mol. The van der Waals surface area contributed by atoms with Crippen LogP contribution in [0.15, 0.2) is 18.2 Å². The number of carbonyl (C=O) groups is 1. The molecule has 0 heterocycles. The Morgan fingerprint density at radius 2 is 1.72 bits per heavy atom. The van der Waals surface area contributed by atoms with Gasteiger partial charge in [0.2, 0.25) is 5.78 Å². The summed E-state index contributed by atoms with van der Waals surface area (Å²) in [6.45, 7) is 0. The summed E-state index contributed by atoms with van der Waals surface area (Å²) >= 11 is 5.31. The molecule has 0 saturated carbocycles. The lowest BCUT2D eigenvalue weighted by Crippen LogP contribution is -2.44. The van der Waals surface area contributed by atoms with Crippen molar-refractivity contribution in [2.75, 3.05) is 0 Å². The number of hydrogen-bond acceptors (Lipinski definition) is 1. The van der Waals surface area contributed by atoms with Crippen LogP contribution in [-0.2, 0) is 11.2 Å². The Hall–Kier alpha value is -1.24. The summed E-state index contributed by atoms with van der Waals surface area (Å²) in [6, 6.07) is 2.50. The third kappa shape index (κ3) is 2.95. The van der Waals surface area contributed by atoms with E-state index >= 15 is 0 Å². The highest BCUT2D eigenvalue weighted by molar-refractivity contribution is 6.30. The Labute approximate surface area is 102 Å². The maximum absolute atomic E-state index is 12.7. The van der Waals surface area contributed by atoms with Crippen molar-refractivity contribution in [3.63, 3.8) is 0 Å². The zero-order valence-electron chi connectivity index (χ0n) is 8.49. The summed E-state index contributed by atoms with van der Waals surface area (Å²) in [5, 5.41) is -0.462. The van der Waals surface area contributed by atoms with Crippen molar-refractivity contribution in [2.45, 2.75) is 18.5 Å². The maximum Gasteiger partial charge on any atom is 0.461 e. The Morgan fingerprint density at radius 3 is 2.17 bits per heavy atom. The Morgan fingerprint density at radius 1 is 1.17 bits per heavy atom. The summed E-state index contributed by atoms with van der Waals surface area (Å²) in [4.78, 5) is 10.9. The van der Waals surface area contributed by atoms with Gasteiger partial charge in [-0.05, 0) is 17.7 Å². The van der Waals surface area contributed by atoms with Crippen LogP contribution in [0, 0.1) is 5.82 Å². The molecule has 100 valence electrons. The predicted octanol–water partition coefficient (Wildman–Crippen LogP) is 3.79. The standard InChI is InChI=1S/C10H5ClF6O/c11-6-3-5(1-2-7(6)12)4-8(18)9(13,14)10(15,16)17/h1-3H,4H2. The molecule has 0 radical (unpaired) electrons. The molecule has 0 bridgehead atoms. The summed E-state index contributed by atoms with van der Waals surface area (Å²) in [5.74, 6) is -8.62. The summed E-state index contributed by atoms with van der Waals surface area (Å²) in [5.41, 5.74) is -0.227. The van der Waals surface area contributed by atoms with Crippen LogP contribution in [-0.4, -0.2) is 17.9 Å². The third-order valence-corrected chi connectivity index (χ3v) is 2.34. The van der Waals surface area contributed by atoms with Gasteiger partial charge in [-0.2, -0.15) is 22.0 Å². The van der Waals surface area contributed by atoms with E-state index in [0.717, 1.165) is 18.2 Å². The van der Waals surface area contributed by atoms with Gasteiger partial charge in [-0.25, -0.2) is 4.39 Å². The van der Waals surface area contributed by atoms with Crippen molar-refractivity contribution in [1.82, 2.24) is 0 Å². The van der Waals surface area contributed by atoms with Gasteiger partial charge < -0.3 is 0 Å². The highest BCUT2D eigenvalue weighted by atomic mass is 35.5. The van der Waals surface area contributed by atoms with Gasteiger partial charge in [0.15, 0.2) is 0 Å². The van der Waals surface area contributed by atoms with E-state index < -0.39 is 35.1 Å². The average molecular weight is 291 g/mol. The molecule has 8 heteroatoms. The van der Waals surface area contributed by atoms with E-state index in [1.54, 1.807) is 0 Å². The molecule has 0 amide bonds. The zero-order valence-corrected chi connectivity index (χ0v) is 9.25. The molecule has 0 saturated heterocycles. The molecule has 18 heavy (non-hydrogen) atoms. The van der Waals surface area contributed by atoms with Gasteiger partial charge in [0.25, 0.3) is 0 Å². The van der Waals surface area contributed by atoms with Gasteiger partial charge in [-0.1, -0.05) is 17.7 Å². The number of halogens is 7. The lowest BCUT2D eigenvalue weighted by Gasteiger charge is -2.18. The predicted molar refractivity (Wildman–Crippen MR) is 51.1 cm³/mol. The topological polar surface area (TPSA) is 17.1 Å². The first kappa shape index (κ1) is 14.8. The second-order valence-corrected chi connectivity index (χ2v) is 3.83. The van der Waals surface area contributed by atoms with Crippen LogP contribution in [0.2, 0.25) is 5.02 Å². The van der Waals surface area contributed by atoms with E-state index in [4.69, 9.17) is 11.6 Å². The molecular formula is C10H5ClF6O. The van der Waals surface area contributed by atoms with Crippen LogP contribution in [0.4, 0.5) is 26.3 Å². The smallest absolute Gasteiger partial charge is 0.292 e. The summed E-state index contributed by atoms with van der Waals surface area (Å²) in [6.07, 6.45) is -7.14. The fraction of sp³-hybridized carbons (Fsp3) is 0.300. The van der Waals surface area contributed by atoms with E-state index in [1.807, 2.05) is 0 Å². The number of hydrogen-bond donors (Lipinski definition) is 0. The molecule has 1 aromatic rings. The van der Waals surface area contributed by atoms with E-state index in [-0.39, 0.29) is 5.56 Å². The molecule has 0 aromatic heterocycles. The molecule has 0 N–H and O–H groups in total. The summed E-state index contributed by atoms with van der Waals surface area (Å²) in [7, 11) is 0. The second kappa shape index (κ2) is 4.79. The van der Waals surface area contributed by atoms with Crippen LogP contribution >= 0.6 is 11.6 Å². The number of benzene rings is 1. The largest absolute Gasteiger partial charge is 0.461 e. The molecule has 1 nitrogen and oxygen atoms in total. The molecule has 0 aliphatic carbocycles. The molecule has 1 rings (SSSR count). The van der Waals surface area contributed by atoms with E-state index in [2.05, 4.69) is 0 Å². The van der Waals surface area contributed by atoms with E-state index in [9.17, 15) is 31.1 Å². The molecule has 1 aromatic carbocycles. The van der Waals surface area contributed by atoms with E-state index in [1.165, 1.54) is 0 Å². The molecule has 0 atom stereocenters. The molecule has 0 aliphatic rings. The molecular weight excluding hydrogens is 286 g/mol. The number of ketones is 1. The average Bonchev–Trinajstić information content (AvgIpc) is 2.21. The fourth-order valence-corrected chi connectivity index (χ4v) is 1.31. The van der Waals surface area contributed by atoms with Gasteiger partial charge in [0, 0.05) is 6.42 Å². The Kier molecular flexibility index (Phi) is 3.95. The first-order valence-electron chi connectivity index (χ1n) is 4.47. The first-order chi connectivity index (χ1) is 8.05. The van der Waals surface area contributed by atoms with Crippen molar-refractivity contribution in [1.29, 1.82) is 0 Å². The number of rotatable bonds is 3. The van der Waals surface area contributed by atoms with Crippen molar-refractivity contribution in [3.05, 3.63) is 34.6 Å². The van der Waals surface area contributed by atoms with Gasteiger partial charge in [-0.15, -0.1) is 0 Å². The molecule has 0 unspecified atom stereocenters. The lowest BCUT2D eigenvalue weighted by atomic mass is 10.0. The van der Waals surface area contributed by atoms with Crippen molar-refractivity contribution < 1.29 is 31.1 Å². The lowest BCUT2D eigenvalue weighted by molar-refractivity contribution is -0.268. The van der Waals surface area contributed by atoms with Crippen LogP contribution < -0.4 is 0 Å². The number of alkyl halides is 5. The van der Waals surface area contributed by atoms with Crippen LogP contribution in [0.5, 0.6) is 0 Å². The molecule has 0 fully saturated rings. The van der Waals surface area contributed by atoms with Gasteiger partial charge in [-0.3, -0.25) is 4.79 Å². The zero-order chi connectivity index (χ0) is 14.1. The Balaban J connectivity index is 2.91. The molecule has 0 aliphatic heterocycles. The van der Waals surface area contributed by atoms with Crippen LogP contribution in [0.1, 0.15) is 5.56 Å². The number of carbonyl (C=O) groups excluding carboxylic acids is 1. The normalized spacial score (nSPS) is 12.6. The fourth-order valence-electron chi connectivity index (χ4n) is 1.10. The second-order valence-electron chi connectivity index (χ2n) is 3.42. The van der Waals surface area contributed by atoms with Gasteiger partial charge >= 0.3 is 12.1 Å². The minimum Gasteiger partial charge on any atom is -0.292 e. The summed E-state index contributed by atoms with van der Waals surface area (Å²) < 4.78 is 73.5. The van der Waals surface area contributed by atoms with Crippen molar-refractivity contribution in [3.8, 4) is 0 Å². The minimum absolute atomic E-state index is 0.227. The van der Waals surface area contributed by atoms with Gasteiger partial charge in [0.05, 0.1) is 5.02 Å². The van der Waals surface area contributed by atoms with Crippen molar-refractivity contribution in [2.24, 2.45) is 0 Å². The third-order valence-electron chi connectivity index (χ3n) is 2.05. The highest BCUT2D eigenvalue weighted by Gasteiger charge is 2.62. The van der Waals surface area contributed by atoms with Crippen LogP contribution in [0.25, 0.3) is 0 Å². The van der Waals surface area contributed by atoms with Crippen molar-refractivity contribution >= 4 is 17.4 Å². The highest BCUT2D eigenvalue weighted by Crippen LogP contribution is 2.36. The van der Waals surface area contributed by atoms with Gasteiger partial charge in [0.1, 0.15) is 5.82 Å². The van der Waals surface area contributed by atoms with E-state index in [0.29, 0.717) is 0 Å². The Bertz CT molecular complexity index is 468. The number of Topliss-reactive ketones (excluding diaryl/α,β-unsaturated/α-hetero) is 1. The first-order valence-corrected chi connectivity index (χ1v) is 4.85. The quantitative estimate of drug-likeness (QED) is 0.774.